The maximum atomic E-state index is 11.4. The summed E-state index contributed by atoms with van der Waals surface area (Å²) in [6.45, 7) is 7.50. The lowest BCUT2D eigenvalue weighted by Crippen LogP contribution is -2.39. The van der Waals surface area contributed by atoms with Crippen LogP contribution in [0.3, 0.4) is 0 Å². The first-order valence-corrected chi connectivity index (χ1v) is 5.54. The highest BCUT2D eigenvalue weighted by Gasteiger charge is 2.40. The summed E-state index contributed by atoms with van der Waals surface area (Å²) in [5.74, 6) is -1.72. The summed E-state index contributed by atoms with van der Waals surface area (Å²) in [6.07, 6.45) is -1.38. The molecular weight excluding hydrogens is 212 g/mol. The van der Waals surface area contributed by atoms with Gasteiger partial charge in [-0.1, -0.05) is 0 Å². The van der Waals surface area contributed by atoms with Gasteiger partial charge in [0.05, 0.1) is 25.2 Å². The summed E-state index contributed by atoms with van der Waals surface area (Å²) in [6, 6.07) is 0. The SMILES string of the molecule is CCOC(=O)[C@@H](C)[C@H](O)[C@H]1COC(C)(C)O1. The van der Waals surface area contributed by atoms with Crippen LogP contribution < -0.4 is 0 Å². The molecule has 3 atom stereocenters. The van der Waals surface area contributed by atoms with Gasteiger partial charge in [-0.15, -0.1) is 0 Å². The van der Waals surface area contributed by atoms with E-state index in [0.29, 0.717) is 6.61 Å². The van der Waals surface area contributed by atoms with Gasteiger partial charge in [0.15, 0.2) is 5.79 Å². The Morgan fingerprint density at radius 3 is 2.69 bits per heavy atom. The second kappa shape index (κ2) is 5.12. The van der Waals surface area contributed by atoms with E-state index in [1.54, 1.807) is 27.7 Å². The summed E-state index contributed by atoms with van der Waals surface area (Å²) >= 11 is 0. The van der Waals surface area contributed by atoms with Crippen molar-refractivity contribution in [1.29, 1.82) is 0 Å². The van der Waals surface area contributed by atoms with Gasteiger partial charge in [0, 0.05) is 0 Å². The fraction of sp³-hybridized carbons (Fsp3) is 0.909. The monoisotopic (exact) mass is 232 g/mol. The van der Waals surface area contributed by atoms with Crippen molar-refractivity contribution in [1.82, 2.24) is 0 Å². The zero-order valence-corrected chi connectivity index (χ0v) is 10.2. The molecule has 5 heteroatoms. The van der Waals surface area contributed by atoms with Crippen LogP contribution >= 0.6 is 0 Å². The molecule has 0 aromatic carbocycles. The van der Waals surface area contributed by atoms with Crippen LogP contribution in [0.15, 0.2) is 0 Å². The Morgan fingerprint density at radius 1 is 1.62 bits per heavy atom. The van der Waals surface area contributed by atoms with Gasteiger partial charge in [0.25, 0.3) is 0 Å². The molecular formula is C11H20O5. The highest BCUT2D eigenvalue weighted by molar-refractivity contribution is 5.72. The molecule has 1 fully saturated rings. The standard InChI is InChI=1S/C11H20O5/c1-5-14-10(13)7(2)9(12)8-6-15-11(3,4)16-8/h7-9,12H,5-6H2,1-4H3/t7-,8+,9-/m0/s1. The minimum absolute atomic E-state index is 0.290. The summed E-state index contributed by atoms with van der Waals surface area (Å²) in [5, 5.41) is 9.94. The molecule has 1 heterocycles. The Kier molecular flexibility index (Phi) is 4.29. The van der Waals surface area contributed by atoms with Gasteiger partial charge < -0.3 is 19.3 Å². The van der Waals surface area contributed by atoms with Crippen molar-refractivity contribution in [3.63, 3.8) is 0 Å². The third-order valence-corrected chi connectivity index (χ3v) is 2.58. The topological polar surface area (TPSA) is 65.0 Å². The molecule has 0 bridgehead atoms. The van der Waals surface area contributed by atoms with E-state index in [1.807, 2.05) is 0 Å². The number of aliphatic hydroxyl groups excluding tert-OH is 1. The van der Waals surface area contributed by atoms with E-state index < -0.39 is 29.9 Å². The third kappa shape index (κ3) is 3.17. The Hall–Kier alpha value is -0.650. The number of carbonyl (C=O) groups is 1. The van der Waals surface area contributed by atoms with Crippen LogP contribution in [0, 0.1) is 5.92 Å². The first-order chi connectivity index (χ1) is 7.37. The number of hydrogen-bond acceptors (Lipinski definition) is 5. The lowest BCUT2D eigenvalue weighted by molar-refractivity contribution is -0.167. The molecule has 1 saturated heterocycles. The average Bonchev–Trinajstić information content (AvgIpc) is 2.57. The minimum Gasteiger partial charge on any atom is -0.466 e. The average molecular weight is 232 g/mol. The molecule has 1 aliphatic rings. The molecule has 0 amide bonds. The van der Waals surface area contributed by atoms with E-state index in [-0.39, 0.29) is 6.61 Å². The van der Waals surface area contributed by atoms with Crippen LogP contribution in [0.25, 0.3) is 0 Å². The van der Waals surface area contributed by atoms with Gasteiger partial charge >= 0.3 is 5.97 Å². The van der Waals surface area contributed by atoms with Crippen molar-refractivity contribution >= 4 is 5.97 Å². The number of carbonyl (C=O) groups excluding carboxylic acids is 1. The number of aliphatic hydroxyl groups is 1. The van der Waals surface area contributed by atoms with Crippen LogP contribution in [-0.4, -0.2) is 42.3 Å². The van der Waals surface area contributed by atoms with Crippen LogP contribution in [0.5, 0.6) is 0 Å². The lowest BCUT2D eigenvalue weighted by Gasteiger charge is -2.23. The first-order valence-electron chi connectivity index (χ1n) is 5.54. The van der Waals surface area contributed by atoms with E-state index in [9.17, 15) is 9.90 Å². The maximum absolute atomic E-state index is 11.4. The van der Waals surface area contributed by atoms with E-state index in [0.717, 1.165) is 0 Å². The number of hydrogen-bond donors (Lipinski definition) is 1. The van der Waals surface area contributed by atoms with E-state index in [2.05, 4.69) is 0 Å². The normalized spacial score (nSPS) is 27.4. The fourth-order valence-corrected chi connectivity index (χ4v) is 1.62. The van der Waals surface area contributed by atoms with E-state index in [1.165, 1.54) is 0 Å². The van der Waals surface area contributed by atoms with Gasteiger partial charge in [-0.3, -0.25) is 4.79 Å². The molecule has 1 rings (SSSR count). The summed E-state index contributed by atoms with van der Waals surface area (Å²) in [4.78, 5) is 11.4. The molecule has 16 heavy (non-hydrogen) atoms. The molecule has 0 unspecified atom stereocenters. The Labute approximate surface area is 95.7 Å². The quantitative estimate of drug-likeness (QED) is 0.723. The molecule has 1 N–H and O–H groups in total. The van der Waals surface area contributed by atoms with Crippen molar-refractivity contribution in [3.05, 3.63) is 0 Å². The van der Waals surface area contributed by atoms with Gasteiger partial charge in [-0.25, -0.2) is 0 Å². The first kappa shape index (κ1) is 13.4. The summed E-state index contributed by atoms with van der Waals surface area (Å²) in [5.41, 5.74) is 0. The molecule has 94 valence electrons. The smallest absolute Gasteiger partial charge is 0.311 e. The number of esters is 1. The Morgan fingerprint density at radius 2 is 2.25 bits per heavy atom. The van der Waals surface area contributed by atoms with Crippen molar-refractivity contribution in [2.75, 3.05) is 13.2 Å². The van der Waals surface area contributed by atoms with Crippen molar-refractivity contribution in [3.8, 4) is 0 Å². The predicted molar refractivity (Wildman–Crippen MR) is 56.7 cm³/mol. The second-order valence-corrected chi connectivity index (χ2v) is 4.40. The van der Waals surface area contributed by atoms with E-state index in [4.69, 9.17) is 14.2 Å². The van der Waals surface area contributed by atoms with E-state index >= 15 is 0 Å². The lowest BCUT2D eigenvalue weighted by atomic mass is 10.0. The Balaban J connectivity index is 2.51. The highest BCUT2D eigenvalue weighted by atomic mass is 16.7. The van der Waals surface area contributed by atoms with Gasteiger partial charge in [-0.2, -0.15) is 0 Å². The minimum atomic E-state index is -0.902. The van der Waals surface area contributed by atoms with Gasteiger partial charge in [0.1, 0.15) is 6.10 Å². The van der Waals surface area contributed by atoms with Crippen LogP contribution in [-0.2, 0) is 19.0 Å². The van der Waals surface area contributed by atoms with Crippen molar-refractivity contribution < 1.29 is 24.1 Å². The highest BCUT2D eigenvalue weighted by Crippen LogP contribution is 2.26. The maximum Gasteiger partial charge on any atom is 0.311 e. The molecule has 5 nitrogen and oxygen atoms in total. The number of rotatable bonds is 4. The Bertz CT molecular complexity index is 251. The molecule has 0 radical (unpaired) electrons. The summed E-state index contributed by atoms with van der Waals surface area (Å²) < 4.78 is 15.7. The molecule has 0 spiro atoms. The molecule has 1 aliphatic heterocycles. The zero-order valence-electron chi connectivity index (χ0n) is 10.2. The van der Waals surface area contributed by atoms with Gasteiger partial charge in [-0.05, 0) is 27.7 Å². The van der Waals surface area contributed by atoms with Crippen molar-refractivity contribution in [2.24, 2.45) is 5.92 Å². The second-order valence-electron chi connectivity index (χ2n) is 4.40. The van der Waals surface area contributed by atoms with Crippen molar-refractivity contribution in [2.45, 2.75) is 45.7 Å². The summed E-state index contributed by atoms with van der Waals surface area (Å²) in [7, 11) is 0. The third-order valence-electron chi connectivity index (χ3n) is 2.58. The molecule has 0 aromatic heterocycles. The predicted octanol–water partition coefficient (Wildman–Crippen LogP) is 0.698. The van der Waals surface area contributed by atoms with Crippen LogP contribution in [0.2, 0.25) is 0 Å². The van der Waals surface area contributed by atoms with Gasteiger partial charge in [0.2, 0.25) is 0 Å². The fourth-order valence-electron chi connectivity index (χ4n) is 1.62. The number of ether oxygens (including phenoxy) is 3. The zero-order chi connectivity index (χ0) is 12.3. The molecule has 0 aromatic rings. The molecule has 0 aliphatic carbocycles. The largest absolute Gasteiger partial charge is 0.466 e. The van der Waals surface area contributed by atoms with Crippen LogP contribution in [0.1, 0.15) is 27.7 Å². The molecule has 0 saturated carbocycles. The van der Waals surface area contributed by atoms with Crippen LogP contribution in [0.4, 0.5) is 0 Å².